The fraction of sp³-hybridized carbons (Fsp3) is 0. The molecule has 2 aromatic rings. The van der Waals surface area contributed by atoms with Crippen molar-refractivity contribution in [3.05, 3.63) is 24.5 Å². The summed E-state index contributed by atoms with van der Waals surface area (Å²) >= 11 is -2.28. The number of anilines is 1. The molecule has 0 amide bonds. The fourth-order valence-electron chi connectivity index (χ4n) is 1.10. The maximum absolute atomic E-state index is 10.3. The van der Waals surface area contributed by atoms with Crippen LogP contribution in [-0.4, -0.2) is 18.7 Å². The molecular weight excluding hydrogens is 190 g/mol. The van der Waals surface area contributed by atoms with Gasteiger partial charge in [0.05, 0.1) is 17.4 Å². The van der Waals surface area contributed by atoms with E-state index in [9.17, 15) is 8.76 Å². The van der Waals surface area contributed by atoms with Crippen molar-refractivity contribution in [2.75, 3.05) is 4.72 Å². The molecule has 0 spiro atoms. The zero-order chi connectivity index (χ0) is 9.26. The average molecular weight is 196 g/mol. The second-order valence-electron chi connectivity index (χ2n) is 2.47. The minimum Gasteiger partial charge on any atom is -0.755 e. The Kier molecular flexibility index (Phi) is 1.99. The first-order valence-electron chi connectivity index (χ1n) is 3.55. The summed E-state index contributed by atoms with van der Waals surface area (Å²) in [7, 11) is 0. The van der Waals surface area contributed by atoms with E-state index in [1.54, 1.807) is 24.5 Å². The Morgan fingerprint density at radius 2 is 2.38 bits per heavy atom. The fourth-order valence-corrected chi connectivity index (χ4v) is 1.41. The van der Waals surface area contributed by atoms with Crippen LogP contribution in [0.2, 0.25) is 0 Å². The monoisotopic (exact) mass is 196 g/mol. The van der Waals surface area contributed by atoms with Crippen molar-refractivity contribution < 1.29 is 8.76 Å². The molecule has 2 rings (SSSR count). The van der Waals surface area contributed by atoms with Crippen molar-refractivity contribution >= 4 is 28.0 Å². The van der Waals surface area contributed by atoms with Crippen molar-refractivity contribution in [3.8, 4) is 0 Å². The van der Waals surface area contributed by atoms with Crippen LogP contribution in [-0.2, 0) is 11.3 Å². The molecule has 0 aliphatic rings. The summed E-state index contributed by atoms with van der Waals surface area (Å²) in [6, 6.07) is 5.07. The number of fused-ring (bicyclic) bond motifs is 1. The molecule has 0 aliphatic carbocycles. The van der Waals surface area contributed by atoms with E-state index >= 15 is 0 Å². The first kappa shape index (κ1) is 8.21. The molecule has 0 bridgehead atoms. The molecule has 13 heavy (non-hydrogen) atoms. The molecule has 0 saturated carbocycles. The lowest BCUT2D eigenvalue weighted by Gasteiger charge is -2.07. The van der Waals surface area contributed by atoms with Gasteiger partial charge in [-0.3, -0.25) is 4.21 Å². The second-order valence-corrected chi connectivity index (χ2v) is 3.14. The van der Waals surface area contributed by atoms with Gasteiger partial charge in [-0.2, -0.15) is 0 Å². The van der Waals surface area contributed by atoms with E-state index < -0.39 is 11.3 Å². The van der Waals surface area contributed by atoms with Crippen LogP contribution in [0.25, 0.3) is 11.0 Å². The molecule has 1 aromatic heterocycles. The van der Waals surface area contributed by atoms with Crippen LogP contribution in [0.5, 0.6) is 0 Å². The molecule has 2 N–H and O–H groups in total. The highest BCUT2D eigenvalue weighted by atomic mass is 32.2. The Bertz CT molecular complexity index is 454. The van der Waals surface area contributed by atoms with E-state index in [1.807, 2.05) is 0 Å². The normalized spacial score (nSPS) is 13.0. The lowest BCUT2D eigenvalue weighted by Crippen LogP contribution is -2.01. The van der Waals surface area contributed by atoms with Crippen LogP contribution in [0.1, 0.15) is 0 Å². The van der Waals surface area contributed by atoms with Gasteiger partial charge in [-0.1, -0.05) is 0 Å². The van der Waals surface area contributed by atoms with Crippen molar-refractivity contribution in [1.29, 1.82) is 0 Å². The number of hydrogen-bond acceptors (Lipinski definition) is 3. The number of H-pyrrole nitrogens is 1. The number of rotatable bonds is 2. The van der Waals surface area contributed by atoms with Gasteiger partial charge in [0.15, 0.2) is 0 Å². The third-order valence-corrected chi connectivity index (χ3v) is 2.02. The predicted octanol–water partition coefficient (Wildman–Crippen LogP) is 0.769. The number of imidazole rings is 1. The third-order valence-electron chi connectivity index (χ3n) is 1.62. The Hall–Kier alpha value is -1.40. The molecule has 1 aromatic carbocycles. The number of nitrogens with one attached hydrogen (secondary N) is 2. The highest BCUT2D eigenvalue weighted by Gasteiger charge is 1.96. The van der Waals surface area contributed by atoms with Crippen LogP contribution >= 0.6 is 0 Å². The van der Waals surface area contributed by atoms with Crippen molar-refractivity contribution in [2.45, 2.75) is 0 Å². The minimum atomic E-state index is -2.28. The maximum atomic E-state index is 10.3. The molecule has 0 saturated heterocycles. The number of aromatic nitrogens is 2. The summed E-state index contributed by atoms with van der Waals surface area (Å²) in [6.45, 7) is 0. The van der Waals surface area contributed by atoms with Crippen LogP contribution in [0.4, 0.5) is 5.69 Å². The van der Waals surface area contributed by atoms with Gasteiger partial charge in [0.2, 0.25) is 0 Å². The lowest BCUT2D eigenvalue weighted by molar-refractivity contribution is 0.542. The van der Waals surface area contributed by atoms with Crippen LogP contribution in [0.15, 0.2) is 24.5 Å². The van der Waals surface area contributed by atoms with Gasteiger partial charge in [0, 0.05) is 17.0 Å². The molecule has 6 heteroatoms. The Morgan fingerprint density at radius 1 is 1.54 bits per heavy atom. The Balaban J connectivity index is 2.42. The van der Waals surface area contributed by atoms with E-state index in [0.29, 0.717) is 5.69 Å². The number of aromatic amines is 1. The number of hydrogen-bond donors (Lipinski definition) is 2. The largest absolute Gasteiger partial charge is 0.755 e. The highest BCUT2D eigenvalue weighted by Crippen LogP contribution is 2.15. The first-order chi connectivity index (χ1) is 6.25. The molecular formula is C7H6N3O2S-. The molecule has 68 valence electrons. The van der Waals surface area contributed by atoms with Crippen molar-refractivity contribution in [1.82, 2.24) is 9.97 Å². The third kappa shape index (κ3) is 1.68. The molecule has 0 fully saturated rings. The van der Waals surface area contributed by atoms with E-state index in [2.05, 4.69) is 14.7 Å². The lowest BCUT2D eigenvalue weighted by atomic mass is 10.3. The Morgan fingerprint density at radius 3 is 3.15 bits per heavy atom. The van der Waals surface area contributed by atoms with Gasteiger partial charge in [-0.05, 0) is 18.2 Å². The van der Waals surface area contributed by atoms with E-state index in [0.717, 1.165) is 11.0 Å². The van der Waals surface area contributed by atoms with Gasteiger partial charge in [0.25, 0.3) is 0 Å². The zero-order valence-corrected chi connectivity index (χ0v) is 7.30. The standard InChI is InChI=1S/C7H7N3O2S/c11-13(12)10-5-1-2-6-7(3-5)9-4-8-6/h1-4,10H,(H,8,9)(H,11,12)/p-1. The molecule has 1 heterocycles. The molecule has 5 nitrogen and oxygen atoms in total. The highest BCUT2D eigenvalue weighted by molar-refractivity contribution is 7.80. The van der Waals surface area contributed by atoms with Gasteiger partial charge < -0.3 is 14.3 Å². The maximum Gasteiger partial charge on any atom is 0.0931 e. The predicted molar refractivity (Wildman–Crippen MR) is 48.6 cm³/mol. The van der Waals surface area contributed by atoms with Crippen LogP contribution in [0.3, 0.4) is 0 Å². The minimum absolute atomic E-state index is 0.519. The summed E-state index contributed by atoms with van der Waals surface area (Å²) in [5.41, 5.74) is 2.13. The van der Waals surface area contributed by atoms with Crippen molar-refractivity contribution in [3.63, 3.8) is 0 Å². The summed E-state index contributed by atoms with van der Waals surface area (Å²) in [5, 5.41) is 0. The first-order valence-corrected chi connectivity index (χ1v) is 4.62. The summed E-state index contributed by atoms with van der Waals surface area (Å²) in [4.78, 5) is 6.88. The van der Waals surface area contributed by atoms with Gasteiger partial charge in [0.1, 0.15) is 0 Å². The number of nitrogens with zero attached hydrogens (tertiary/aromatic N) is 1. The quantitative estimate of drug-likeness (QED) is 0.696. The number of benzene rings is 1. The average Bonchev–Trinajstić information content (AvgIpc) is 2.49. The second kappa shape index (κ2) is 3.15. The van der Waals surface area contributed by atoms with E-state index in [-0.39, 0.29) is 0 Å². The summed E-state index contributed by atoms with van der Waals surface area (Å²) < 4.78 is 22.9. The Labute approximate surface area is 76.6 Å². The molecule has 1 unspecified atom stereocenters. The van der Waals surface area contributed by atoms with Crippen LogP contribution in [0, 0.1) is 0 Å². The topological polar surface area (TPSA) is 80.8 Å². The summed E-state index contributed by atoms with van der Waals surface area (Å²) in [6.07, 6.45) is 1.56. The smallest absolute Gasteiger partial charge is 0.0931 e. The van der Waals surface area contributed by atoms with Crippen molar-refractivity contribution in [2.24, 2.45) is 0 Å². The molecule has 0 radical (unpaired) electrons. The summed E-state index contributed by atoms with van der Waals surface area (Å²) in [5.74, 6) is 0. The SMILES string of the molecule is O=S([O-])Nc1ccc2nc[nH]c2c1. The van der Waals surface area contributed by atoms with Gasteiger partial charge >= 0.3 is 0 Å². The molecule has 1 atom stereocenters. The zero-order valence-electron chi connectivity index (χ0n) is 6.48. The van der Waals surface area contributed by atoms with Gasteiger partial charge in [-0.15, -0.1) is 0 Å². The molecule has 0 aliphatic heterocycles. The van der Waals surface area contributed by atoms with Crippen LogP contribution < -0.4 is 4.72 Å². The van der Waals surface area contributed by atoms with E-state index in [4.69, 9.17) is 0 Å². The van der Waals surface area contributed by atoms with Gasteiger partial charge in [-0.25, -0.2) is 4.98 Å². The van der Waals surface area contributed by atoms with E-state index in [1.165, 1.54) is 0 Å².